The summed E-state index contributed by atoms with van der Waals surface area (Å²) in [7, 11) is 0. The van der Waals surface area contributed by atoms with E-state index in [0.29, 0.717) is 5.75 Å². The summed E-state index contributed by atoms with van der Waals surface area (Å²) in [6, 6.07) is 9.60. The van der Waals surface area contributed by atoms with Crippen LogP contribution in [0.5, 0.6) is 5.75 Å². The molecule has 1 N–H and O–H groups in total. The molecule has 0 unspecified atom stereocenters. The maximum Gasteiger partial charge on any atom is 0.344 e. The molecule has 0 heterocycles. The number of carboxylic acids is 1. The largest absolute Gasteiger partial charge is 0.478 e. The van der Waals surface area contributed by atoms with E-state index in [1.165, 1.54) is 12.1 Å². The number of carbonyl (C=O) groups is 2. The standard InChI is InChI=1S/C17H16O4/c1-10-8-9-15(12(3)11(10)2)21-17(20)14-7-5-4-6-13(14)16(18)19/h4-9H,1-3H3,(H,18,19). The van der Waals surface area contributed by atoms with Gasteiger partial charge in [0.1, 0.15) is 5.75 Å². The summed E-state index contributed by atoms with van der Waals surface area (Å²) < 4.78 is 5.36. The Balaban J connectivity index is 2.35. The fourth-order valence-corrected chi connectivity index (χ4v) is 2.04. The molecule has 0 aromatic heterocycles. The van der Waals surface area contributed by atoms with Gasteiger partial charge < -0.3 is 9.84 Å². The summed E-state index contributed by atoms with van der Waals surface area (Å²) in [5, 5.41) is 9.11. The maximum absolute atomic E-state index is 12.2. The number of hydrogen-bond donors (Lipinski definition) is 1. The van der Waals surface area contributed by atoms with E-state index in [2.05, 4.69) is 0 Å². The van der Waals surface area contributed by atoms with Crippen LogP contribution in [0.25, 0.3) is 0 Å². The number of esters is 1. The summed E-state index contributed by atoms with van der Waals surface area (Å²) in [5.74, 6) is -1.37. The van der Waals surface area contributed by atoms with Crippen molar-refractivity contribution in [2.24, 2.45) is 0 Å². The van der Waals surface area contributed by atoms with E-state index in [4.69, 9.17) is 9.84 Å². The van der Waals surface area contributed by atoms with Crippen molar-refractivity contribution < 1.29 is 19.4 Å². The zero-order valence-electron chi connectivity index (χ0n) is 12.1. The van der Waals surface area contributed by atoms with Crippen molar-refractivity contribution in [3.8, 4) is 5.75 Å². The van der Waals surface area contributed by atoms with Gasteiger partial charge in [-0.2, -0.15) is 0 Å². The predicted molar refractivity (Wildman–Crippen MR) is 79.0 cm³/mol. The third-order valence-electron chi connectivity index (χ3n) is 3.59. The monoisotopic (exact) mass is 284 g/mol. The van der Waals surface area contributed by atoms with Gasteiger partial charge in [0.15, 0.2) is 0 Å². The van der Waals surface area contributed by atoms with Gasteiger partial charge in [0.2, 0.25) is 0 Å². The van der Waals surface area contributed by atoms with Crippen LogP contribution in [0, 0.1) is 20.8 Å². The summed E-state index contributed by atoms with van der Waals surface area (Å²) in [6.45, 7) is 5.80. The first-order valence-corrected chi connectivity index (χ1v) is 6.53. The molecule has 2 aromatic rings. The molecule has 108 valence electrons. The molecule has 0 spiro atoms. The second-order valence-electron chi connectivity index (χ2n) is 4.87. The SMILES string of the molecule is Cc1ccc(OC(=O)c2ccccc2C(=O)O)c(C)c1C. The Kier molecular flexibility index (Phi) is 4.08. The van der Waals surface area contributed by atoms with Crippen LogP contribution in [-0.4, -0.2) is 17.0 Å². The number of carbonyl (C=O) groups excluding carboxylic acids is 1. The van der Waals surface area contributed by atoms with E-state index in [-0.39, 0.29) is 11.1 Å². The number of ether oxygens (including phenoxy) is 1. The Bertz CT molecular complexity index is 717. The lowest BCUT2D eigenvalue weighted by Gasteiger charge is -2.12. The summed E-state index contributed by atoms with van der Waals surface area (Å²) >= 11 is 0. The van der Waals surface area contributed by atoms with Crippen LogP contribution in [0.3, 0.4) is 0 Å². The fourth-order valence-electron chi connectivity index (χ4n) is 2.04. The summed E-state index contributed by atoms with van der Waals surface area (Å²) in [4.78, 5) is 23.3. The quantitative estimate of drug-likeness (QED) is 0.691. The average Bonchev–Trinajstić information content (AvgIpc) is 2.47. The van der Waals surface area contributed by atoms with E-state index in [1.54, 1.807) is 18.2 Å². The van der Waals surface area contributed by atoms with Gasteiger partial charge >= 0.3 is 11.9 Å². The molecule has 2 aromatic carbocycles. The van der Waals surface area contributed by atoms with Crippen molar-refractivity contribution in [1.29, 1.82) is 0 Å². The third-order valence-corrected chi connectivity index (χ3v) is 3.59. The van der Waals surface area contributed by atoms with E-state index < -0.39 is 11.9 Å². The normalized spacial score (nSPS) is 10.2. The molecule has 0 aliphatic rings. The van der Waals surface area contributed by atoms with Crippen molar-refractivity contribution in [2.75, 3.05) is 0 Å². The Morgan fingerprint density at radius 1 is 0.905 bits per heavy atom. The van der Waals surface area contributed by atoms with Gasteiger partial charge in [0.05, 0.1) is 11.1 Å². The Labute approximate surface area is 123 Å². The van der Waals surface area contributed by atoms with Crippen molar-refractivity contribution in [3.63, 3.8) is 0 Å². The number of aromatic carboxylic acids is 1. The summed E-state index contributed by atoms with van der Waals surface area (Å²) in [5.41, 5.74) is 3.01. The minimum Gasteiger partial charge on any atom is -0.478 e. The highest BCUT2D eigenvalue weighted by Gasteiger charge is 2.18. The van der Waals surface area contributed by atoms with Crippen molar-refractivity contribution in [2.45, 2.75) is 20.8 Å². The number of rotatable bonds is 3. The zero-order chi connectivity index (χ0) is 15.6. The number of hydrogen-bond acceptors (Lipinski definition) is 3. The molecule has 0 amide bonds. The molecule has 0 fully saturated rings. The Morgan fingerprint density at radius 3 is 2.14 bits per heavy atom. The highest BCUT2D eigenvalue weighted by Crippen LogP contribution is 2.25. The van der Waals surface area contributed by atoms with E-state index >= 15 is 0 Å². The lowest BCUT2D eigenvalue weighted by Crippen LogP contribution is -2.14. The topological polar surface area (TPSA) is 63.6 Å². The minimum atomic E-state index is -1.15. The van der Waals surface area contributed by atoms with Gasteiger partial charge in [0, 0.05) is 0 Å². The minimum absolute atomic E-state index is 0.0441. The van der Waals surface area contributed by atoms with Crippen LogP contribution >= 0.6 is 0 Å². The first-order valence-electron chi connectivity index (χ1n) is 6.53. The van der Waals surface area contributed by atoms with Gasteiger partial charge in [-0.3, -0.25) is 0 Å². The molecule has 4 nitrogen and oxygen atoms in total. The van der Waals surface area contributed by atoms with Gasteiger partial charge in [-0.15, -0.1) is 0 Å². The van der Waals surface area contributed by atoms with Crippen molar-refractivity contribution in [3.05, 3.63) is 64.2 Å². The first kappa shape index (κ1) is 14.8. The molecule has 0 saturated heterocycles. The van der Waals surface area contributed by atoms with Crippen LogP contribution in [0.15, 0.2) is 36.4 Å². The second-order valence-corrected chi connectivity index (χ2v) is 4.87. The first-order chi connectivity index (χ1) is 9.91. The number of benzene rings is 2. The molecule has 2 rings (SSSR count). The molecule has 0 saturated carbocycles. The second kappa shape index (κ2) is 5.79. The van der Waals surface area contributed by atoms with Crippen molar-refractivity contribution in [1.82, 2.24) is 0 Å². The molecular formula is C17H16O4. The average molecular weight is 284 g/mol. The van der Waals surface area contributed by atoms with Crippen LogP contribution in [0.2, 0.25) is 0 Å². The van der Waals surface area contributed by atoms with Crippen LogP contribution in [0.4, 0.5) is 0 Å². The molecule has 21 heavy (non-hydrogen) atoms. The molecular weight excluding hydrogens is 268 g/mol. The number of carboxylic acid groups (broad SMARTS) is 1. The lowest BCUT2D eigenvalue weighted by molar-refractivity contribution is 0.0667. The molecule has 0 bridgehead atoms. The van der Waals surface area contributed by atoms with Gasteiger partial charge in [0.25, 0.3) is 0 Å². The van der Waals surface area contributed by atoms with E-state index in [9.17, 15) is 9.59 Å². The number of aryl methyl sites for hydroxylation is 1. The summed E-state index contributed by atoms with van der Waals surface area (Å²) in [6.07, 6.45) is 0. The molecule has 0 aliphatic heterocycles. The van der Waals surface area contributed by atoms with E-state index in [1.807, 2.05) is 26.8 Å². The fraction of sp³-hybridized carbons (Fsp3) is 0.176. The van der Waals surface area contributed by atoms with Crippen LogP contribution in [-0.2, 0) is 0 Å². The van der Waals surface area contributed by atoms with Gasteiger partial charge in [-0.25, -0.2) is 9.59 Å². The van der Waals surface area contributed by atoms with E-state index in [0.717, 1.165) is 16.7 Å². The Morgan fingerprint density at radius 2 is 1.52 bits per heavy atom. The highest BCUT2D eigenvalue weighted by molar-refractivity contribution is 6.03. The Hall–Kier alpha value is -2.62. The highest BCUT2D eigenvalue weighted by atomic mass is 16.5. The van der Waals surface area contributed by atoms with Crippen LogP contribution in [0.1, 0.15) is 37.4 Å². The van der Waals surface area contributed by atoms with Crippen LogP contribution < -0.4 is 4.74 Å². The molecule has 0 atom stereocenters. The van der Waals surface area contributed by atoms with Crippen molar-refractivity contribution >= 4 is 11.9 Å². The maximum atomic E-state index is 12.2. The van der Waals surface area contributed by atoms with Gasteiger partial charge in [-0.1, -0.05) is 18.2 Å². The molecule has 4 heteroatoms. The predicted octanol–water partition coefficient (Wildman–Crippen LogP) is 3.53. The smallest absolute Gasteiger partial charge is 0.344 e. The molecule has 0 radical (unpaired) electrons. The third kappa shape index (κ3) is 2.94. The zero-order valence-corrected chi connectivity index (χ0v) is 12.1. The lowest BCUT2D eigenvalue weighted by atomic mass is 10.0. The molecule has 0 aliphatic carbocycles. The van der Waals surface area contributed by atoms with Gasteiger partial charge in [-0.05, 0) is 55.7 Å².